The van der Waals surface area contributed by atoms with Crippen molar-refractivity contribution in [1.29, 1.82) is 0 Å². The van der Waals surface area contributed by atoms with Gasteiger partial charge in [0.15, 0.2) is 5.65 Å². The number of fused-ring (bicyclic) bond motifs is 1. The number of phenols is 1. The molecule has 4 aromatic rings. The van der Waals surface area contributed by atoms with Crippen LogP contribution in [0.25, 0.3) is 22.3 Å². The lowest BCUT2D eigenvalue weighted by Crippen LogP contribution is -2.32. The predicted octanol–water partition coefficient (Wildman–Crippen LogP) is 3.78. The van der Waals surface area contributed by atoms with Crippen molar-refractivity contribution >= 4 is 32.6 Å². The smallest absolute Gasteiger partial charge is 0.419 e. The summed E-state index contributed by atoms with van der Waals surface area (Å²) in [7, 11) is -3.87. The highest BCUT2D eigenvalue weighted by molar-refractivity contribution is 7.95. The molecular weight excluding hydrogens is 485 g/mol. The van der Waals surface area contributed by atoms with Crippen molar-refractivity contribution in [2.24, 2.45) is 0 Å². The summed E-state index contributed by atoms with van der Waals surface area (Å²) >= 11 is 0. The minimum atomic E-state index is -4.80. The summed E-state index contributed by atoms with van der Waals surface area (Å²) < 4.78 is 67.8. The molecule has 0 aliphatic carbocycles. The molecule has 4 rings (SSSR count). The molecule has 0 fully saturated rings. The van der Waals surface area contributed by atoms with Crippen LogP contribution in [0.4, 0.5) is 24.7 Å². The molecule has 0 saturated carbocycles. The lowest BCUT2D eigenvalue weighted by Gasteiger charge is -2.22. The summed E-state index contributed by atoms with van der Waals surface area (Å²) in [4.78, 5) is 8.07. The third-order valence-corrected chi connectivity index (χ3v) is 6.64. The van der Waals surface area contributed by atoms with Crippen LogP contribution in [0.1, 0.15) is 5.56 Å². The average molecular weight is 504 g/mol. The minimum Gasteiger partial charge on any atom is -0.507 e. The van der Waals surface area contributed by atoms with Crippen LogP contribution in [0.3, 0.4) is 0 Å². The standard InChI is InChI=1S/C22H19F3N6O3S/c1-2-35(33,34)31(15-6-4-3-5-7-15)11-10-30-21-18(20(26)27-13-28-21)19(29-30)14-8-9-17(32)16(12-14)22(23,24)25/h2-9,12-13,32H,1,10-11H2,(H2,26,27,28). The summed E-state index contributed by atoms with van der Waals surface area (Å²) in [5.41, 5.74) is 5.45. The maximum absolute atomic E-state index is 13.4. The van der Waals surface area contributed by atoms with Gasteiger partial charge in [0, 0.05) is 11.0 Å². The van der Waals surface area contributed by atoms with Gasteiger partial charge in [0.2, 0.25) is 0 Å². The number of sulfonamides is 1. The molecule has 0 saturated heterocycles. The first-order chi connectivity index (χ1) is 16.5. The third kappa shape index (κ3) is 4.62. The molecule has 13 heteroatoms. The van der Waals surface area contributed by atoms with E-state index in [9.17, 15) is 26.7 Å². The molecule has 0 aliphatic rings. The van der Waals surface area contributed by atoms with Gasteiger partial charge in [-0.25, -0.2) is 23.1 Å². The van der Waals surface area contributed by atoms with Gasteiger partial charge in [-0.1, -0.05) is 24.8 Å². The van der Waals surface area contributed by atoms with Gasteiger partial charge >= 0.3 is 6.18 Å². The number of alkyl halides is 3. The number of para-hydroxylation sites is 1. The van der Waals surface area contributed by atoms with Crippen LogP contribution in [0.15, 0.2) is 66.8 Å². The molecule has 3 N–H and O–H groups in total. The van der Waals surface area contributed by atoms with Crippen molar-refractivity contribution in [3.05, 3.63) is 72.4 Å². The number of anilines is 2. The van der Waals surface area contributed by atoms with Gasteiger partial charge in [-0.3, -0.25) is 4.31 Å². The zero-order chi connectivity index (χ0) is 25.4. The molecule has 2 heterocycles. The van der Waals surface area contributed by atoms with Gasteiger partial charge in [0.05, 0.1) is 29.7 Å². The Balaban J connectivity index is 1.80. The quantitative estimate of drug-likeness (QED) is 0.392. The molecule has 0 spiro atoms. The minimum absolute atomic E-state index is 0.0148. The van der Waals surface area contributed by atoms with E-state index in [1.54, 1.807) is 30.3 Å². The fourth-order valence-electron chi connectivity index (χ4n) is 3.57. The third-order valence-electron chi connectivity index (χ3n) is 5.21. The molecule has 0 amide bonds. The highest BCUT2D eigenvalue weighted by Crippen LogP contribution is 2.39. The number of benzene rings is 2. The van der Waals surface area contributed by atoms with Crippen LogP contribution in [0.2, 0.25) is 0 Å². The van der Waals surface area contributed by atoms with Crippen LogP contribution in [-0.2, 0) is 22.7 Å². The average Bonchev–Trinajstić information content (AvgIpc) is 3.19. The van der Waals surface area contributed by atoms with E-state index >= 15 is 0 Å². The summed E-state index contributed by atoms with van der Waals surface area (Å²) in [6, 6.07) is 11.3. The van der Waals surface area contributed by atoms with Crippen molar-refractivity contribution in [3.8, 4) is 17.0 Å². The predicted molar refractivity (Wildman–Crippen MR) is 125 cm³/mol. The molecule has 0 radical (unpaired) electrons. The van der Waals surface area contributed by atoms with Crippen molar-refractivity contribution in [2.45, 2.75) is 12.7 Å². The van der Waals surface area contributed by atoms with Gasteiger partial charge in [-0.05, 0) is 30.3 Å². The molecule has 182 valence electrons. The molecule has 2 aromatic heterocycles. The largest absolute Gasteiger partial charge is 0.507 e. The lowest BCUT2D eigenvalue weighted by molar-refractivity contribution is -0.138. The van der Waals surface area contributed by atoms with E-state index in [2.05, 4.69) is 21.6 Å². The van der Waals surface area contributed by atoms with Crippen LogP contribution >= 0.6 is 0 Å². The van der Waals surface area contributed by atoms with Gasteiger partial charge in [-0.2, -0.15) is 18.3 Å². The van der Waals surface area contributed by atoms with Crippen molar-refractivity contribution in [2.75, 3.05) is 16.6 Å². The number of nitrogens with zero attached hydrogens (tertiary/aromatic N) is 5. The van der Waals surface area contributed by atoms with Crippen molar-refractivity contribution < 1.29 is 26.7 Å². The monoisotopic (exact) mass is 504 g/mol. The van der Waals surface area contributed by atoms with E-state index in [0.29, 0.717) is 5.69 Å². The lowest BCUT2D eigenvalue weighted by atomic mass is 10.0. The SMILES string of the molecule is C=CS(=O)(=O)N(CCn1nc(-c2ccc(O)c(C(F)(F)F)c2)c2c(N)ncnc21)c1ccccc1. The second-order valence-corrected chi connectivity index (χ2v) is 9.18. The Kier molecular flexibility index (Phi) is 6.11. The first kappa shape index (κ1) is 24.0. The molecule has 0 aliphatic heterocycles. The Morgan fingerprint density at radius 2 is 1.86 bits per heavy atom. The highest BCUT2D eigenvalue weighted by atomic mass is 32.2. The molecule has 0 unspecified atom stereocenters. The Morgan fingerprint density at radius 3 is 2.51 bits per heavy atom. The maximum Gasteiger partial charge on any atom is 0.419 e. The first-order valence-corrected chi connectivity index (χ1v) is 11.6. The zero-order valence-electron chi connectivity index (χ0n) is 18.0. The van der Waals surface area contributed by atoms with Gasteiger partial charge in [0.25, 0.3) is 10.0 Å². The second-order valence-electron chi connectivity index (χ2n) is 7.38. The molecule has 2 aromatic carbocycles. The van der Waals surface area contributed by atoms with E-state index in [1.807, 2.05) is 0 Å². The maximum atomic E-state index is 13.4. The van der Waals surface area contributed by atoms with Crippen LogP contribution in [-0.4, -0.2) is 39.8 Å². The normalized spacial score (nSPS) is 12.1. The number of nitrogen functional groups attached to an aromatic ring is 1. The number of phenolic OH excluding ortho intramolecular Hbond substituents is 1. The number of hydrogen-bond acceptors (Lipinski definition) is 7. The Hall–Kier alpha value is -4.13. The molecular formula is C22H19F3N6O3S. The number of rotatable bonds is 7. The Morgan fingerprint density at radius 1 is 1.14 bits per heavy atom. The molecule has 0 bridgehead atoms. The summed E-state index contributed by atoms with van der Waals surface area (Å²) in [5, 5.41) is 15.1. The summed E-state index contributed by atoms with van der Waals surface area (Å²) in [6.07, 6.45) is -3.62. The number of aromatic hydroxyl groups is 1. The van der Waals surface area contributed by atoms with Gasteiger partial charge in [-0.15, -0.1) is 0 Å². The number of aromatic nitrogens is 4. The van der Waals surface area contributed by atoms with E-state index < -0.39 is 27.5 Å². The van der Waals surface area contributed by atoms with Gasteiger partial charge < -0.3 is 10.8 Å². The number of hydrogen-bond donors (Lipinski definition) is 2. The first-order valence-electron chi connectivity index (χ1n) is 10.1. The fraction of sp³-hybridized carbons (Fsp3) is 0.136. The molecule has 35 heavy (non-hydrogen) atoms. The fourth-order valence-corrected chi connectivity index (χ4v) is 4.50. The summed E-state index contributed by atoms with van der Waals surface area (Å²) in [5.74, 6) is -0.946. The van der Waals surface area contributed by atoms with Crippen LogP contribution in [0, 0.1) is 0 Å². The number of halogens is 3. The van der Waals surface area contributed by atoms with E-state index in [0.717, 1.165) is 21.8 Å². The highest BCUT2D eigenvalue weighted by Gasteiger charge is 2.34. The Bertz CT molecular complexity index is 1500. The molecule has 0 atom stereocenters. The molecule has 9 nitrogen and oxygen atoms in total. The van der Waals surface area contributed by atoms with E-state index in [-0.39, 0.29) is 41.2 Å². The van der Waals surface area contributed by atoms with Gasteiger partial charge in [0.1, 0.15) is 23.6 Å². The topological polar surface area (TPSA) is 127 Å². The van der Waals surface area contributed by atoms with Crippen LogP contribution in [0.5, 0.6) is 5.75 Å². The van der Waals surface area contributed by atoms with E-state index in [1.165, 1.54) is 17.1 Å². The number of nitrogens with two attached hydrogens (primary N) is 1. The van der Waals surface area contributed by atoms with Crippen molar-refractivity contribution in [1.82, 2.24) is 19.7 Å². The Labute approximate surface area is 198 Å². The second kappa shape index (κ2) is 8.91. The van der Waals surface area contributed by atoms with E-state index in [4.69, 9.17) is 5.73 Å². The van der Waals surface area contributed by atoms with Crippen molar-refractivity contribution in [3.63, 3.8) is 0 Å². The van der Waals surface area contributed by atoms with Crippen LogP contribution < -0.4 is 10.0 Å². The summed E-state index contributed by atoms with van der Waals surface area (Å²) in [6.45, 7) is 3.28. The zero-order valence-corrected chi connectivity index (χ0v) is 18.8.